The Morgan fingerprint density at radius 2 is 2.28 bits per heavy atom. The van der Waals surface area contributed by atoms with Crippen molar-refractivity contribution in [3.63, 3.8) is 0 Å². The number of aryl methyl sites for hydroxylation is 1. The monoisotopic (exact) mass is 260 g/mol. The number of hydrogen-bond acceptors (Lipinski definition) is 3. The van der Waals surface area contributed by atoms with E-state index in [9.17, 15) is 0 Å². The Kier molecular flexibility index (Phi) is 3.25. The minimum absolute atomic E-state index is 0.668. The molecule has 1 aliphatic rings. The van der Waals surface area contributed by atoms with Gasteiger partial charge in [-0.3, -0.25) is 0 Å². The summed E-state index contributed by atoms with van der Waals surface area (Å²) in [6, 6.07) is 7.23. The maximum atomic E-state index is 4.51. The number of anilines is 1. The second-order valence-electron chi connectivity index (χ2n) is 5.27. The third kappa shape index (κ3) is 2.24. The molecule has 0 bridgehead atoms. The molecule has 3 heteroatoms. The molecule has 0 amide bonds. The molecule has 1 aromatic heterocycles. The van der Waals surface area contributed by atoms with Gasteiger partial charge in [0.05, 0.1) is 15.2 Å². The summed E-state index contributed by atoms with van der Waals surface area (Å²) in [5.74, 6) is 0.851. The summed E-state index contributed by atoms with van der Waals surface area (Å²) in [7, 11) is 0. The highest BCUT2D eigenvalue weighted by Crippen LogP contribution is 2.32. The molecule has 1 saturated carbocycles. The topological polar surface area (TPSA) is 24.9 Å². The van der Waals surface area contributed by atoms with E-state index in [2.05, 4.69) is 42.3 Å². The van der Waals surface area contributed by atoms with Gasteiger partial charge in [0.25, 0.3) is 0 Å². The first-order valence-corrected chi connectivity index (χ1v) is 7.71. The molecule has 2 atom stereocenters. The highest BCUT2D eigenvalue weighted by atomic mass is 32.1. The Morgan fingerprint density at radius 3 is 3.11 bits per heavy atom. The molecule has 96 valence electrons. The van der Waals surface area contributed by atoms with Gasteiger partial charge in [-0.15, -0.1) is 11.3 Å². The lowest BCUT2D eigenvalue weighted by atomic mass is 10.0. The maximum absolute atomic E-state index is 4.51. The van der Waals surface area contributed by atoms with E-state index in [-0.39, 0.29) is 0 Å². The van der Waals surface area contributed by atoms with Gasteiger partial charge in [-0.05, 0) is 43.9 Å². The van der Waals surface area contributed by atoms with Crippen molar-refractivity contribution in [1.29, 1.82) is 0 Å². The van der Waals surface area contributed by atoms with E-state index >= 15 is 0 Å². The molecule has 18 heavy (non-hydrogen) atoms. The van der Waals surface area contributed by atoms with Crippen LogP contribution in [0.25, 0.3) is 10.2 Å². The molecule has 0 spiro atoms. The number of thiazole rings is 1. The van der Waals surface area contributed by atoms with Crippen molar-refractivity contribution in [1.82, 2.24) is 4.98 Å². The highest BCUT2D eigenvalue weighted by Gasteiger charge is 2.25. The lowest BCUT2D eigenvalue weighted by Crippen LogP contribution is -2.23. The quantitative estimate of drug-likeness (QED) is 0.872. The minimum atomic E-state index is 0.668. The van der Waals surface area contributed by atoms with Crippen molar-refractivity contribution in [2.24, 2.45) is 5.92 Å². The highest BCUT2D eigenvalue weighted by molar-refractivity contribution is 7.18. The Bertz CT molecular complexity index is 546. The lowest BCUT2D eigenvalue weighted by Gasteiger charge is -2.20. The van der Waals surface area contributed by atoms with Crippen LogP contribution in [0.4, 0.5) is 5.69 Å². The van der Waals surface area contributed by atoms with Gasteiger partial charge in [0, 0.05) is 11.7 Å². The number of benzene rings is 1. The number of nitrogens with zero attached hydrogens (tertiary/aromatic N) is 1. The number of rotatable bonds is 3. The van der Waals surface area contributed by atoms with Gasteiger partial charge in [0.15, 0.2) is 0 Å². The van der Waals surface area contributed by atoms with Crippen molar-refractivity contribution in [2.45, 2.75) is 45.6 Å². The van der Waals surface area contributed by atoms with Crippen LogP contribution in [0.3, 0.4) is 0 Å². The van der Waals surface area contributed by atoms with Crippen molar-refractivity contribution < 1.29 is 0 Å². The summed E-state index contributed by atoms with van der Waals surface area (Å²) in [6.45, 7) is 4.38. The van der Waals surface area contributed by atoms with Crippen LogP contribution in [0.1, 0.15) is 37.6 Å². The first-order valence-electron chi connectivity index (χ1n) is 6.90. The van der Waals surface area contributed by atoms with Crippen LogP contribution in [0.15, 0.2) is 18.2 Å². The van der Waals surface area contributed by atoms with Crippen LogP contribution in [-0.2, 0) is 0 Å². The zero-order chi connectivity index (χ0) is 12.5. The molecule has 0 saturated heterocycles. The standard InChI is InChI=1S/C15H20N2S/c1-3-11-5-4-6-13(11)17-12-7-8-14-15(9-12)18-10(2)16-14/h7-9,11,13,17H,3-6H2,1-2H3. The summed E-state index contributed by atoms with van der Waals surface area (Å²) in [6.07, 6.45) is 5.37. The normalized spacial score (nSPS) is 23.7. The predicted octanol–water partition coefficient (Wildman–Crippen LogP) is 4.60. The number of nitrogens with one attached hydrogen (secondary N) is 1. The average Bonchev–Trinajstić information content (AvgIpc) is 2.93. The van der Waals surface area contributed by atoms with Crippen molar-refractivity contribution in [2.75, 3.05) is 5.32 Å². The van der Waals surface area contributed by atoms with E-state index in [1.165, 1.54) is 36.1 Å². The summed E-state index contributed by atoms with van der Waals surface area (Å²) in [5, 5.41) is 4.87. The number of fused-ring (bicyclic) bond motifs is 1. The van der Waals surface area contributed by atoms with Crippen LogP contribution in [0.5, 0.6) is 0 Å². The lowest BCUT2D eigenvalue weighted by molar-refractivity contribution is 0.489. The largest absolute Gasteiger partial charge is 0.382 e. The van der Waals surface area contributed by atoms with Crippen LogP contribution in [-0.4, -0.2) is 11.0 Å². The Hall–Kier alpha value is -1.09. The van der Waals surface area contributed by atoms with E-state index in [0.717, 1.165) is 16.4 Å². The third-order valence-corrected chi connectivity index (χ3v) is 4.96. The van der Waals surface area contributed by atoms with Gasteiger partial charge in [-0.25, -0.2) is 4.98 Å². The molecular formula is C15H20N2S. The van der Waals surface area contributed by atoms with E-state index in [4.69, 9.17) is 0 Å². The Balaban J connectivity index is 1.81. The molecule has 2 unspecified atom stereocenters. The summed E-state index contributed by atoms with van der Waals surface area (Å²) >= 11 is 1.78. The van der Waals surface area contributed by atoms with Crippen molar-refractivity contribution in [3.05, 3.63) is 23.2 Å². The van der Waals surface area contributed by atoms with Crippen LogP contribution >= 0.6 is 11.3 Å². The van der Waals surface area contributed by atoms with E-state index in [1.54, 1.807) is 11.3 Å². The van der Waals surface area contributed by atoms with Crippen LogP contribution < -0.4 is 5.32 Å². The fourth-order valence-electron chi connectivity index (χ4n) is 3.06. The molecule has 1 aliphatic carbocycles. The van der Waals surface area contributed by atoms with Gasteiger partial charge >= 0.3 is 0 Å². The first-order chi connectivity index (χ1) is 8.76. The Labute approximate surface area is 112 Å². The van der Waals surface area contributed by atoms with Crippen molar-refractivity contribution >= 4 is 27.2 Å². The minimum Gasteiger partial charge on any atom is -0.382 e. The first kappa shape index (κ1) is 12.0. The molecule has 1 heterocycles. The zero-order valence-electron chi connectivity index (χ0n) is 11.1. The van der Waals surface area contributed by atoms with E-state index in [1.807, 2.05) is 0 Å². The van der Waals surface area contributed by atoms with Crippen LogP contribution in [0.2, 0.25) is 0 Å². The van der Waals surface area contributed by atoms with E-state index < -0.39 is 0 Å². The maximum Gasteiger partial charge on any atom is 0.0907 e. The average molecular weight is 260 g/mol. The fraction of sp³-hybridized carbons (Fsp3) is 0.533. The number of aromatic nitrogens is 1. The van der Waals surface area contributed by atoms with Gasteiger partial charge in [0.1, 0.15) is 0 Å². The summed E-state index contributed by atoms with van der Waals surface area (Å²) in [4.78, 5) is 4.51. The third-order valence-electron chi connectivity index (χ3n) is 4.03. The second-order valence-corrected chi connectivity index (χ2v) is 6.50. The van der Waals surface area contributed by atoms with Gasteiger partial charge < -0.3 is 5.32 Å². The zero-order valence-corrected chi connectivity index (χ0v) is 11.9. The van der Waals surface area contributed by atoms with Gasteiger partial charge in [-0.1, -0.05) is 19.8 Å². The molecule has 1 N–H and O–H groups in total. The Morgan fingerprint density at radius 1 is 1.39 bits per heavy atom. The smallest absolute Gasteiger partial charge is 0.0907 e. The molecule has 0 radical (unpaired) electrons. The van der Waals surface area contributed by atoms with E-state index in [0.29, 0.717) is 6.04 Å². The van der Waals surface area contributed by atoms with Gasteiger partial charge in [0.2, 0.25) is 0 Å². The number of hydrogen-bond donors (Lipinski definition) is 1. The molecule has 1 fully saturated rings. The fourth-order valence-corrected chi connectivity index (χ4v) is 3.93. The molecule has 1 aromatic carbocycles. The second kappa shape index (κ2) is 4.88. The molecular weight excluding hydrogens is 240 g/mol. The predicted molar refractivity (Wildman–Crippen MR) is 79.4 cm³/mol. The molecule has 0 aliphatic heterocycles. The SMILES string of the molecule is CCC1CCCC1Nc1ccc2nc(C)sc2c1. The van der Waals surface area contributed by atoms with Gasteiger partial charge in [-0.2, -0.15) is 0 Å². The van der Waals surface area contributed by atoms with Crippen molar-refractivity contribution in [3.8, 4) is 0 Å². The molecule has 2 nitrogen and oxygen atoms in total. The van der Waals surface area contributed by atoms with Crippen LogP contribution in [0, 0.1) is 12.8 Å². The summed E-state index contributed by atoms with van der Waals surface area (Å²) < 4.78 is 1.29. The summed E-state index contributed by atoms with van der Waals surface area (Å²) in [5.41, 5.74) is 2.39. The molecule has 2 aromatic rings. The molecule has 3 rings (SSSR count).